The van der Waals surface area contributed by atoms with Crippen LogP contribution in [0.1, 0.15) is 32.1 Å². The number of hydrogen-bond donors (Lipinski definition) is 2. The Morgan fingerprint density at radius 2 is 2.12 bits per heavy atom. The molecule has 0 spiro atoms. The number of nitrogens with one attached hydrogen (secondary N) is 1. The summed E-state index contributed by atoms with van der Waals surface area (Å²) in [6.07, 6.45) is 4.16. The monoisotopic (exact) mass is 251 g/mol. The molecule has 0 radical (unpaired) electrons. The molecule has 1 fully saturated rings. The molecule has 0 bridgehead atoms. The van der Waals surface area contributed by atoms with E-state index in [0.717, 1.165) is 25.9 Å². The molecular formula is C10H21NO4S. The van der Waals surface area contributed by atoms with Gasteiger partial charge in [-0.1, -0.05) is 0 Å². The van der Waals surface area contributed by atoms with Crippen LogP contribution in [-0.4, -0.2) is 45.1 Å². The molecule has 0 aliphatic carbocycles. The van der Waals surface area contributed by atoms with Gasteiger partial charge in [-0.15, -0.1) is 0 Å². The molecule has 1 heterocycles. The van der Waals surface area contributed by atoms with E-state index in [1.54, 1.807) is 0 Å². The van der Waals surface area contributed by atoms with Gasteiger partial charge in [0.05, 0.1) is 11.9 Å². The average molecular weight is 251 g/mol. The molecule has 1 atom stereocenters. The summed E-state index contributed by atoms with van der Waals surface area (Å²) in [5.41, 5.74) is 0. The molecule has 1 rings (SSSR count). The van der Waals surface area contributed by atoms with Gasteiger partial charge < -0.3 is 9.84 Å². The van der Waals surface area contributed by atoms with Crippen LogP contribution in [0.5, 0.6) is 0 Å². The fraction of sp³-hybridized carbons (Fsp3) is 1.00. The van der Waals surface area contributed by atoms with Crippen LogP contribution in [-0.2, 0) is 14.8 Å². The summed E-state index contributed by atoms with van der Waals surface area (Å²) in [7, 11) is -3.19. The highest BCUT2D eigenvalue weighted by atomic mass is 32.2. The van der Waals surface area contributed by atoms with E-state index >= 15 is 0 Å². The minimum absolute atomic E-state index is 0.0290. The lowest BCUT2D eigenvalue weighted by molar-refractivity contribution is 0.0200. The third-order valence-electron chi connectivity index (χ3n) is 2.63. The van der Waals surface area contributed by atoms with E-state index in [9.17, 15) is 8.42 Å². The molecule has 16 heavy (non-hydrogen) atoms. The zero-order chi connectivity index (χ0) is 11.9. The number of aliphatic hydroxyl groups is 1. The van der Waals surface area contributed by atoms with E-state index in [4.69, 9.17) is 9.84 Å². The first-order valence-electron chi connectivity index (χ1n) is 5.84. The Kier molecular flexibility index (Phi) is 6.26. The second-order valence-corrected chi connectivity index (χ2v) is 6.01. The summed E-state index contributed by atoms with van der Waals surface area (Å²) in [6.45, 7) is 1.15. The maximum absolute atomic E-state index is 11.5. The van der Waals surface area contributed by atoms with Crippen LogP contribution in [0.3, 0.4) is 0 Å². The average Bonchev–Trinajstić information content (AvgIpc) is 2.28. The first kappa shape index (κ1) is 13.9. The Bertz CT molecular complexity index is 273. The molecule has 0 saturated carbocycles. The molecule has 0 aromatic carbocycles. The van der Waals surface area contributed by atoms with Gasteiger partial charge >= 0.3 is 0 Å². The van der Waals surface area contributed by atoms with E-state index in [2.05, 4.69) is 4.72 Å². The summed E-state index contributed by atoms with van der Waals surface area (Å²) in [5, 5.41) is 8.56. The van der Waals surface area contributed by atoms with E-state index in [1.165, 1.54) is 0 Å². The van der Waals surface area contributed by atoms with Gasteiger partial charge in [-0.25, -0.2) is 13.1 Å². The van der Waals surface area contributed by atoms with Crippen LogP contribution in [0, 0.1) is 0 Å². The number of rotatable bonds is 7. The third-order valence-corrected chi connectivity index (χ3v) is 4.06. The first-order chi connectivity index (χ1) is 7.64. The predicted molar refractivity (Wildman–Crippen MR) is 61.7 cm³/mol. The lowest BCUT2D eigenvalue weighted by Gasteiger charge is -2.22. The zero-order valence-electron chi connectivity index (χ0n) is 9.52. The van der Waals surface area contributed by atoms with Gasteiger partial charge in [-0.3, -0.25) is 0 Å². The second-order valence-electron chi connectivity index (χ2n) is 4.09. The van der Waals surface area contributed by atoms with Crippen molar-refractivity contribution in [2.45, 2.75) is 38.2 Å². The Balaban J connectivity index is 2.18. The van der Waals surface area contributed by atoms with Crippen molar-refractivity contribution in [3.8, 4) is 0 Å². The number of hydrogen-bond acceptors (Lipinski definition) is 4. The molecule has 96 valence electrons. The molecule has 6 heteroatoms. The Hall–Kier alpha value is -0.170. The highest BCUT2D eigenvalue weighted by Crippen LogP contribution is 2.11. The lowest BCUT2D eigenvalue weighted by Crippen LogP contribution is -2.36. The fourth-order valence-electron chi connectivity index (χ4n) is 1.66. The number of ether oxygens (including phenoxy) is 1. The Morgan fingerprint density at radius 1 is 1.31 bits per heavy atom. The highest BCUT2D eigenvalue weighted by Gasteiger charge is 2.17. The van der Waals surface area contributed by atoms with Crippen molar-refractivity contribution < 1.29 is 18.3 Å². The van der Waals surface area contributed by atoms with Gasteiger partial charge in [0, 0.05) is 19.8 Å². The van der Waals surface area contributed by atoms with Crippen molar-refractivity contribution in [1.82, 2.24) is 4.72 Å². The lowest BCUT2D eigenvalue weighted by atomic mass is 10.1. The maximum atomic E-state index is 11.5. The van der Waals surface area contributed by atoms with Gasteiger partial charge in [-0.2, -0.15) is 0 Å². The molecule has 1 saturated heterocycles. The molecule has 0 aromatic rings. The standard InChI is InChI=1S/C10H21NO4S/c12-6-2-4-8-16(13,14)11-9-10-5-1-3-7-15-10/h10-12H,1-9H2. The van der Waals surface area contributed by atoms with Crippen molar-refractivity contribution in [3.63, 3.8) is 0 Å². The summed E-state index contributed by atoms with van der Waals surface area (Å²) < 4.78 is 31.0. The Morgan fingerprint density at radius 3 is 2.75 bits per heavy atom. The van der Waals surface area contributed by atoms with Crippen LogP contribution in [0.15, 0.2) is 0 Å². The molecule has 1 unspecified atom stereocenters. The molecule has 0 amide bonds. The molecular weight excluding hydrogens is 230 g/mol. The number of unbranched alkanes of at least 4 members (excludes halogenated alkanes) is 1. The molecule has 1 aliphatic rings. The molecule has 5 nitrogen and oxygen atoms in total. The van der Waals surface area contributed by atoms with Crippen molar-refractivity contribution in [2.75, 3.05) is 25.5 Å². The largest absolute Gasteiger partial charge is 0.396 e. The van der Waals surface area contributed by atoms with Crippen LogP contribution >= 0.6 is 0 Å². The summed E-state index contributed by atoms with van der Waals surface area (Å²) in [5.74, 6) is 0.0836. The summed E-state index contributed by atoms with van der Waals surface area (Å²) in [6, 6.07) is 0. The summed E-state index contributed by atoms with van der Waals surface area (Å²) in [4.78, 5) is 0. The van der Waals surface area contributed by atoms with E-state index in [-0.39, 0.29) is 18.5 Å². The highest BCUT2D eigenvalue weighted by molar-refractivity contribution is 7.89. The quantitative estimate of drug-likeness (QED) is 0.636. The maximum Gasteiger partial charge on any atom is 0.211 e. The van der Waals surface area contributed by atoms with E-state index < -0.39 is 10.0 Å². The normalized spacial score (nSPS) is 22.2. The van der Waals surface area contributed by atoms with Crippen molar-refractivity contribution in [3.05, 3.63) is 0 Å². The fourth-order valence-corrected chi connectivity index (χ4v) is 2.83. The van der Waals surface area contributed by atoms with Gasteiger partial charge in [0.2, 0.25) is 10.0 Å². The number of sulfonamides is 1. The third kappa shape index (κ3) is 5.79. The number of aliphatic hydroxyl groups excluding tert-OH is 1. The summed E-state index contributed by atoms with van der Waals surface area (Å²) >= 11 is 0. The SMILES string of the molecule is O=S(=O)(CCCCO)NCC1CCCCO1. The minimum atomic E-state index is -3.19. The molecule has 2 N–H and O–H groups in total. The zero-order valence-corrected chi connectivity index (χ0v) is 10.3. The second kappa shape index (κ2) is 7.21. The van der Waals surface area contributed by atoms with Crippen molar-refractivity contribution in [1.29, 1.82) is 0 Å². The van der Waals surface area contributed by atoms with Gasteiger partial charge in [-0.05, 0) is 32.1 Å². The van der Waals surface area contributed by atoms with E-state index in [0.29, 0.717) is 19.4 Å². The minimum Gasteiger partial charge on any atom is -0.396 e. The van der Waals surface area contributed by atoms with Crippen molar-refractivity contribution in [2.24, 2.45) is 0 Å². The molecule has 1 aliphatic heterocycles. The smallest absolute Gasteiger partial charge is 0.211 e. The van der Waals surface area contributed by atoms with Crippen LogP contribution < -0.4 is 4.72 Å². The topological polar surface area (TPSA) is 75.6 Å². The first-order valence-corrected chi connectivity index (χ1v) is 7.49. The van der Waals surface area contributed by atoms with Crippen LogP contribution in [0.4, 0.5) is 0 Å². The van der Waals surface area contributed by atoms with Crippen molar-refractivity contribution >= 4 is 10.0 Å². The van der Waals surface area contributed by atoms with Gasteiger partial charge in [0.15, 0.2) is 0 Å². The predicted octanol–water partition coefficient (Wildman–Crippen LogP) is 0.247. The Labute approximate surface area is 97.2 Å². The molecule has 0 aromatic heterocycles. The van der Waals surface area contributed by atoms with Gasteiger partial charge in [0.1, 0.15) is 0 Å². The van der Waals surface area contributed by atoms with E-state index in [1.807, 2.05) is 0 Å². The van der Waals surface area contributed by atoms with Gasteiger partial charge in [0.25, 0.3) is 0 Å². The van der Waals surface area contributed by atoms with Crippen LogP contribution in [0.2, 0.25) is 0 Å². The van der Waals surface area contributed by atoms with Crippen LogP contribution in [0.25, 0.3) is 0 Å².